The standard InChI is InChI=1S/C20H19N5O2S/c1-10-6-7-15-14(8-10)12-4-3-5-13(17(12)21-15)19(27)22-16-9-28-20-23-18(26)11(2)24-25(16)20/h6-9,13,21H,3-5H2,1-2H3,(H,22,27). The highest BCUT2D eigenvalue weighted by Gasteiger charge is 2.30. The van der Waals surface area contributed by atoms with E-state index in [2.05, 4.69) is 45.5 Å². The third-order valence-electron chi connectivity index (χ3n) is 5.37. The number of aryl methyl sites for hydroxylation is 3. The van der Waals surface area contributed by atoms with Crippen LogP contribution in [0.5, 0.6) is 0 Å². The number of H-pyrrole nitrogens is 1. The molecule has 1 aromatic carbocycles. The summed E-state index contributed by atoms with van der Waals surface area (Å²) in [7, 11) is 0. The molecule has 0 saturated carbocycles. The summed E-state index contributed by atoms with van der Waals surface area (Å²) in [5.74, 6) is 0.238. The Bertz CT molecular complexity index is 1300. The molecule has 1 unspecified atom stereocenters. The second kappa shape index (κ2) is 6.27. The van der Waals surface area contributed by atoms with Crippen LogP contribution >= 0.6 is 11.3 Å². The number of nitrogens with one attached hydrogen (secondary N) is 2. The molecule has 5 rings (SSSR count). The van der Waals surface area contributed by atoms with E-state index in [9.17, 15) is 9.59 Å². The summed E-state index contributed by atoms with van der Waals surface area (Å²) in [6, 6.07) is 6.35. The molecule has 1 aliphatic carbocycles. The molecule has 1 amide bonds. The fourth-order valence-corrected chi connectivity index (χ4v) is 4.73. The van der Waals surface area contributed by atoms with Gasteiger partial charge >= 0.3 is 0 Å². The van der Waals surface area contributed by atoms with E-state index in [1.165, 1.54) is 32.4 Å². The van der Waals surface area contributed by atoms with Gasteiger partial charge in [-0.3, -0.25) is 9.59 Å². The maximum atomic E-state index is 13.1. The fraction of sp³-hybridized carbons (Fsp3) is 0.300. The predicted octanol–water partition coefficient (Wildman–Crippen LogP) is 3.31. The van der Waals surface area contributed by atoms with Gasteiger partial charge in [0, 0.05) is 22.0 Å². The average molecular weight is 393 g/mol. The highest BCUT2D eigenvalue weighted by Crippen LogP contribution is 2.37. The summed E-state index contributed by atoms with van der Waals surface area (Å²) in [5.41, 5.74) is 4.52. The number of carbonyl (C=O) groups is 1. The van der Waals surface area contributed by atoms with Crippen LogP contribution in [-0.2, 0) is 11.2 Å². The van der Waals surface area contributed by atoms with Crippen LogP contribution < -0.4 is 10.9 Å². The molecule has 28 heavy (non-hydrogen) atoms. The van der Waals surface area contributed by atoms with Crippen LogP contribution in [0.2, 0.25) is 0 Å². The van der Waals surface area contributed by atoms with E-state index in [-0.39, 0.29) is 17.4 Å². The number of fused-ring (bicyclic) bond motifs is 4. The van der Waals surface area contributed by atoms with E-state index in [0.29, 0.717) is 16.5 Å². The number of benzene rings is 1. The molecule has 0 saturated heterocycles. The van der Waals surface area contributed by atoms with E-state index in [1.807, 2.05) is 0 Å². The lowest BCUT2D eigenvalue weighted by Gasteiger charge is -2.21. The average Bonchev–Trinajstić information content (AvgIpc) is 3.23. The van der Waals surface area contributed by atoms with E-state index in [4.69, 9.17) is 0 Å². The third kappa shape index (κ3) is 2.63. The van der Waals surface area contributed by atoms with Crippen molar-refractivity contribution >= 4 is 38.9 Å². The largest absolute Gasteiger partial charge is 0.357 e. The van der Waals surface area contributed by atoms with Crippen LogP contribution in [-0.4, -0.2) is 25.5 Å². The van der Waals surface area contributed by atoms with Crippen LogP contribution in [0.1, 0.15) is 41.3 Å². The first kappa shape index (κ1) is 17.1. The van der Waals surface area contributed by atoms with E-state index < -0.39 is 0 Å². The van der Waals surface area contributed by atoms with Gasteiger partial charge in [0.2, 0.25) is 10.9 Å². The molecule has 0 fully saturated rings. The van der Waals surface area contributed by atoms with Gasteiger partial charge in [-0.15, -0.1) is 11.3 Å². The third-order valence-corrected chi connectivity index (χ3v) is 6.19. The minimum atomic E-state index is -0.343. The molecule has 3 aromatic heterocycles. The zero-order valence-corrected chi connectivity index (χ0v) is 16.4. The van der Waals surface area contributed by atoms with Gasteiger partial charge in [-0.05, 0) is 50.8 Å². The Balaban J connectivity index is 1.51. The van der Waals surface area contributed by atoms with E-state index in [1.54, 1.807) is 12.3 Å². The van der Waals surface area contributed by atoms with Crippen LogP contribution in [0.3, 0.4) is 0 Å². The molecule has 1 aliphatic rings. The Morgan fingerprint density at radius 1 is 1.36 bits per heavy atom. The first-order valence-electron chi connectivity index (χ1n) is 9.28. The van der Waals surface area contributed by atoms with Gasteiger partial charge < -0.3 is 10.3 Å². The number of hydrogen-bond acceptors (Lipinski definition) is 5. The molecule has 3 heterocycles. The van der Waals surface area contributed by atoms with Crippen LogP contribution in [0.4, 0.5) is 5.82 Å². The summed E-state index contributed by atoms with van der Waals surface area (Å²) in [4.78, 5) is 32.7. The Morgan fingerprint density at radius 2 is 2.21 bits per heavy atom. The number of hydrogen-bond donors (Lipinski definition) is 2. The normalized spacial score (nSPS) is 16.4. The maximum absolute atomic E-state index is 13.1. The summed E-state index contributed by atoms with van der Waals surface area (Å²) >= 11 is 1.28. The Hall–Kier alpha value is -3.00. The first-order valence-corrected chi connectivity index (χ1v) is 10.2. The first-order chi connectivity index (χ1) is 13.5. The lowest BCUT2D eigenvalue weighted by atomic mass is 9.86. The van der Waals surface area contributed by atoms with Crippen molar-refractivity contribution in [3.8, 4) is 0 Å². The summed E-state index contributed by atoms with van der Waals surface area (Å²) in [6.07, 6.45) is 2.75. The molecule has 142 valence electrons. The van der Waals surface area contributed by atoms with E-state index in [0.717, 1.165) is 30.5 Å². The molecule has 7 nitrogen and oxygen atoms in total. The summed E-state index contributed by atoms with van der Waals surface area (Å²) < 4.78 is 1.53. The topological polar surface area (TPSA) is 92.1 Å². The van der Waals surface area contributed by atoms with Crippen molar-refractivity contribution in [3.63, 3.8) is 0 Å². The number of rotatable bonds is 2. The number of amides is 1. The molecule has 0 radical (unpaired) electrons. The zero-order valence-electron chi connectivity index (χ0n) is 15.6. The van der Waals surface area contributed by atoms with Gasteiger partial charge in [0.1, 0.15) is 11.5 Å². The second-order valence-electron chi connectivity index (χ2n) is 7.32. The van der Waals surface area contributed by atoms with Gasteiger partial charge in [0.15, 0.2) is 0 Å². The molecular weight excluding hydrogens is 374 g/mol. The predicted molar refractivity (Wildman–Crippen MR) is 109 cm³/mol. The summed E-state index contributed by atoms with van der Waals surface area (Å²) in [5, 5.41) is 10.2. The second-order valence-corrected chi connectivity index (χ2v) is 8.15. The fourth-order valence-electron chi connectivity index (χ4n) is 3.98. The Morgan fingerprint density at radius 3 is 3.07 bits per heavy atom. The SMILES string of the molecule is Cc1ccc2[nH]c3c(c2c1)CCCC3C(=O)Nc1csc2nc(=O)c(C)nn12. The Labute approximate surface area is 164 Å². The molecule has 1 atom stereocenters. The van der Waals surface area contributed by atoms with Crippen molar-refractivity contribution < 1.29 is 4.79 Å². The van der Waals surface area contributed by atoms with Crippen molar-refractivity contribution in [2.24, 2.45) is 0 Å². The minimum Gasteiger partial charge on any atom is -0.357 e. The highest BCUT2D eigenvalue weighted by atomic mass is 32.1. The zero-order chi connectivity index (χ0) is 19.4. The molecular formula is C20H19N5O2S. The lowest BCUT2D eigenvalue weighted by Crippen LogP contribution is -2.26. The quantitative estimate of drug-likeness (QED) is 0.546. The molecule has 0 spiro atoms. The monoisotopic (exact) mass is 393 g/mol. The molecule has 0 aliphatic heterocycles. The maximum Gasteiger partial charge on any atom is 0.295 e. The van der Waals surface area contributed by atoms with Gasteiger partial charge in [-0.1, -0.05) is 11.6 Å². The van der Waals surface area contributed by atoms with E-state index >= 15 is 0 Å². The van der Waals surface area contributed by atoms with Gasteiger partial charge in [0.25, 0.3) is 5.56 Å². The number of anilines is 1. The molecule has 0 bridgehead atoms. The molecule has 4 aromatic rings. The van der Waals surface area contributed by atoms with Crippen molar-refractivity contribution in [1.82, 2.24) is 19.6 Å². The highest BCUT2D eigenvalue weighted by molar-refractivity contribution is 7.15. The van der Waals surface area contributed by atoms with Gasteiger partial charge in [-0.25, -0.2) is 0 Å². The van der Waals surface area contributed by atoms with Gasteiger partial charge in [-0.2, -0.15) is 14.6 Å². The van der Waals surface area contributed by atoms with Crippen molar-refractivity contribution in [2.45, 2.75) is 39.0 Å². The summed E-state index contributed by atoms with van der Waals surface area (Å²) in [6.45, 7) is 3.70. The number of carbonyl (C=O) groups excluding carboxylic acids is 1. The van der Waals surface area contributed by atoms with Crippen LogP contribution in [0.25, 0.3) is 15.9 Å². The van der Waals surface area contributed by atoms with Crippen LogP contribution in [0, 0.1) is 13.8 Å². The van der Waals surface area contributed by atoms with Crippen molar-refractivity contribution in [2.75, 3.05) is 5.32 Å². The molecule has 2 N–H and O–H groups in total. The lowest BCUT2D eigenvalue weighted by molar-refractivity contribution is -0.118. The Kier molecular flexibility index (Phi) is 3.83. The number of thiazole rings is 1. The van der Waals surface area contributed by atoms with Crippen LogP contribution in [0.15, 0.2) is 28.4 Å². The van der Waals surface area contributed by atoms with Gasteiger partial charge in [0.05, 0.1) is 5.92 Å². The van der Waals surface area contributed by atoms with Crippen molar-refractivity contribution in [1.29, 1.82) is 0 Å². The number of nitrogens with zero attached hydrogens (tertiary/aromatic N) is 3. The minimum absolute atomic E-state index is 0.0675. The molecule has 8 heteroatoms. The number of aromatic amines is 1. The van der Waals surface area contributed by atoms with Crippen molar-refractivity contribution in [3.05, 3.63) is 56.4 Å². The number of aromatic nitrogens is 4. The smallest absolute Gasteiger partial charge is 0.295 e.